The van der Waals surface area contributed by atoms with Gasteiger partial charge in [-0.1, -0.05) is 117 Å². The maximum Gasteiger partial charge on any atom is 0.194 e. The molecule has 0 bridgehead atoms. The first-order chi connectivity index (χ1) is 17.3. The highest BCUT2D eigenvalue weighted by atomic mass is 16.6. The summed E-state index contributed by atoms with van der Waals surface area (Å²) in [6, 6.07) is 33.4. The Morgan fingerprint density at radius 3 is 2.11 bits per heavy atom. The Bertz CT molecular complexity index is 1260. The van der Waals surface area contributed by atoms with Gasteiger partial charge in [0.15, 0.2) is 11.9 Å². The average Bonchev–Trinajstić information content (AvgIpc) is 3.71. The van der Waals surface area contributed by atoms with E-state index in [9.17, 15) is 4.79 Å². The first-order valence-electron chi connectivity index (χ1n) is 13.1. The zero-order valence-corrected chi connectivity index (χ0v) is 20.4. The molecule has 0 saturated carbocycles. The molecule has 2 heteroatoms. The van der Waals surface area contributed by atoms with Crippen LogP contribution in [0, 0.1) is 0 Å². The Morgan fingerprint density at radius 1 is 0.629 bits per heavy atom. The third kappa shape index (κ3) is 6.07. The van der Waals surface area contributed by atoms with Crippen LogP contribution in [0.15, 0.2) is 97.1 Å². The summed E-state index contributed by atoms with van der Waals surface area (Å²) in [5.41, 5.74) is 4.70. The highest BCUT2D eigenvalue weighted by Crippen LogP contribution is 2.42. The lowest BCUT2D eigenvalue weighted by atomic mass is 9.95. The van der Waals surface area contributed by atoms with E-state index in [2.05, 4.69) is 66.7 Å². The Balaban J connectivity index is 1.08. The van der Waals surface area contributed by atoms with Crippen LogP contribution in [0.5, 0.6) is 0 Å². The van der Waals surface area contributed by atoms with Crippen molar-refractivity contribution in [3.8, 4) is 0 Å². The molecule has 178 valence electrons. The predicted molar refractivity (Wildman–Crippen MR) is 144 cm³/mol. The SMILES string of the molecule is O=C(c1ccc2ccccc2c1)[C@H]1O[C@@H]1c1ccccc1CCCCCCCCc1ccccc1. The molecule has 0 aromatic heterocycles. The van der Waals surface area contributed by atoms with Crippen LogP contribution in [0.3, 0.4) is 0 Å². The Kier molecular flexibility index (Phi) is 7.70. The standard InChI is InChI=1S/C33H34O2/c34-31(29-23-22-26-17-10-11-20-28(26)24-29)33-32(35-33)30-21-13-12-19-27(30)18-9-4-2-1-3-6-14-25-15-7-5-8-16-25/h5,7-8,10-13,15-17,19-24,32-33H,1-4,6,9,14,18H2/t32-,33-/m1/s1. The summed E-state index contributed by atoms with van der Waals surface area (Å²) in [5, 5.41) is 2.25. The summed E-state index contributed by atoms with van der Waals surface area (Å²) in [6.07, 6.45) is 9.40. The lowest BCUT2D eigenvalue weighted by Crippen LogP contribution is -2.08. The Labute approximate surface area is 209 Å². The van der Waals surface area contributed by atoms with Gasteiger partial charge in [0, 0.05) is 5.56 Å². The second kappa shape index (κ2) is 11.5. The number of hydrogen-bond donors (Lipinski definition) is 0. The molecule has 4 aromatic carbocycles. The van der Waals surface area contributed by atoms with Gasteiger partial charge in [-0.05, 0) is 59.2 Å². The number of carbonyl (C=O) groups is 1. The molecular weight excluding hydrogens is 428 g/mol. The van der Waals surface area contributed by atoms with E-state index >= 15 is 0 Å². The maximum atomic E-state index is 13.1. The van der Waals surface area contributed by atoms with Crippen LogP contribution in [0.2, 0.25) is 0 Å². The minimum atomic E-state index is -0.359. The predicted octanol–water partition coefficient (Wildman–Crippen LogP) is 8.29. The molecular formula is C33H34O2. The third-order valence-corrected chi connectivity index (χ3v) is 7.15. The van der Waals surface area contributed by atoms with Crippen molar-refractivity contribution >= 4 is 16.6 Å². The van der Waals surface area contributed by atoms with Crippen molar-refractivity contribution in [1.82, 2.24) is 0 Å². The van der Waals surface area contributed by atoms with Crippen LogP contribution in [-0.2, 0) is 17.6 Å². The number of ketones is 1. The summed E-state index contributed by atoms with van der Waals surface area (Å²) in [5.74, 6) is 0.0889. The number of benzene rings is 4. The van der Waals surface area contributed by atoms with Crippen molar-refractivity contribution in [3.63, 3.8) is 0 Å². The number of carbonyl (C=O) groups excluding carboxylic acids is 1. The molecule has 2 nitrogen and oxygen atoms in total. The van der Waals surface area contributed by atoms with Gasteiger partial charge in [0.1, 0.15) is 6.10 Å². The van der Waals surface area contributed by atoms with Crippen LogP contribution >= 0.6 is 0 Å². The van der Waals surface area contributed by atoms with Gasteiger partial charge in [0.25, 0.3) is 0 Å². The van der Waals surface area contributed by atoms with Crippen molar-refractivity contribution in [2.45, 2.75) is 63.6 Å². The third-order valence-electron chi connectivity index (χ3n) is 7.15. The molecule has 2 atom stereocenters. The molecule has 0 amide bonds. The molecule has 1 saturated heterocycles. The van der Waals surface area contributed by atoms with Gasteiger partial charge in [-0.3, -0.25) is 4.79 Å². The van der Waals surface area contributed by atoms with E-state index < -0.39 is 0 Å². The van der Waals surface area contributed by atoms with E-state index in [0.717, 1.165) is 22.8 Å². The normalized spacial score (nSPS) is 16.9. The fraction of sp³-hybridized carbons (Fsp3) is 0.303. The molecule has 0 aliphatic carbocycles. The van der Waals surface area contributed by atoms with Crippen molar-refractivity contribution in [2.24, 2.45) is 0 Å². The smallest absolute Gasteiger partial charge is 0.194 e. The van der Waals surface area contributed by atoms with Crippen molar-refractivity contribution < 1.29 is 9.53 Å². The molecule has 1 fully saturated rings. The molecule has 0 unspecified atom stereocenters. The van der Waals surface area contributed by atoms with Crippen LogP contribution in [-0.4, -0.2) is 11.9 Å². The molecule has 4 aromatic rings. The topological polar surface area (TPSA) is 29.6 Å². The minimum absolute atomic E-state index is 0.0889. The van der Waals surface area contributed by atoms with E-state index in [1.807, 2.05) is 30.3 Å². The Hall–Kier alpha value is -3.23. The lowest BCUT2D eigenvalue weighted by Gasteiger charge is -2.08. The fourth-order valence-corrected chi connectivity index (χ4v) is 5.09. The number of hydrogen-bond acceptors (Lipinski definition) is 2. The van der Waals surface area contributed by atoms with Crippen molar-refractivity contribution in [1.29, 1.82) is 0 Å². The summed E-state index contributed by atoms with van der Waals surface area (Å²) >= 11 is 0. The Morgan fingerprint density at radius 2 is 1.29 bits per heavy atom. The van der Waals surface area contributed by atoms with E-state index in [1.54, 1.807) is 0 Å². The van der Waals surface area contributed by atoms with Crippen LogP contribution in [0.4, 0.5) is 0 Å². The summed E-state index contributed by atoms with van der Waals surface area (Å²) in [6.45, 7) is 0. The second-order valence-electron chi connectivity index (χ2n) is 9.71. The van der Waals surface area contributed by atoms with Gasteiger partial charge in [0.05, 0.1) is 0 Å². The number of aryl methyl sites for hydroxylation is 2. The number of fused-ring (bicyclic) bond motifs is 1. The molecule has 1 aliphatic heterocycles. The van der Waals surface area contributed by atoms with Crippen molar-refractivity contribution in [2.75, 3.05) is 0 Å². The second-order valence-corrected chi connectivity index (χ2v) is 9.71. The lowest BCUT2D eigenvalue weighted by molar-refractivity contribution is 0.0954. The first kappa shape index (κ1) is 23.5. The quantitative estimate of drug-likeness (QED) is 0.120. The fourth-order valence-electron chi connectivity index (χ4n) is 5.09. The van der Waals surface area contributed by atoms with Crippen LogP contribution < -0.4 is 0 Å². The van der Waals surface area contributed by atoms with E-state index in [0.29, 0.717) is 0 Å². The van der Waals surface area contributed by atoms with Gasteiger partial charge < -0.3 is 4.74 Å². The van der Waals surface area contributed by atoms with Gasteiger partial charge >= 0.3 is 0 Å². The summed E-state index contributed by atoms with van der Waals surface area (Å²) < 4.78 is 5.93. The van der Waals surface area contributed by atoms with Gasteiger partial charge in [-0.2, -0.15) is 0 Å². The average molecular weight is 463 g/mol. The highest BCUT2D eigenvalue weighted by molar-refractivity contribution is 6.04. The van der Waals surface area contributed by atoms with E-state index in [4.69, 9.17) is 4.74 Å². The largest absolute Gasteiger partial charge is 0.356 e. The first-order valence-corrected chi connectivity index (χ1v) is 13.1. The summed E-state index contributed by atoms with van der Waals surface area (Å²) in [4.78, 5) is 13.1. The van der Waals surface area contributed by atoms with Gasteiger partial charge in [0.2, 0.25) is 0 Å². The molecule has 0 spiro atoms. The van der Waals surface area contributed by atoms with Gasteiger partial charge in [-0.25, -0.2) is 0 Å². The number of epoxide rings is 1. The molecule has 0 radical (unpaired) electrons. The number of rotatable bonds is 12. The molecule has 0 N–H and O–H groups in total. The maximum absolute atomic E-state index is 13.1. The van der Waals surface area contributed by atoms with Gasteiger partial charge in [-0.15, -0.1) is 0 Å². The molecule has 1 aliphatic rings. The van der Waals surface area contributed by atoms with Crippen LogP contribution in [0.1, 0.15) is 71.7 Å². The van der Waals surface area contributed by atoms with Crippen LogP contribution in [0.25, 0.3) is 10.8 Å². The zero-order valence-electron chi connectivity index (χ0n) is 20.4. The summed E-state index contributed by atoms with van der Waals surface area (Å²) in [7, 11) is 0. The highest BCUT2D eigenvalue weighted by Gasteiger charge is 2.46. The zero-order chi connectivity index (χ0) is 23.9. The molecule has 1 heterocycles. The number of unbranched alkanes of at least 4 members (excludes halogenated alkanes) is 5. The van der Waals surface area contributed by atoms with E-state index in [1.165, 1.54) is 61.6 Å². The van der Waals surface area contributed by atoms with Crippen molar-refractivity contribution in [3.05, 3.63) is 119 Å². The monoisotopic (exact) mass is 462 g/mol. The number of Topliss-reactive ketones (excluding diaryl/α,β-unsaturated/α-hetero) is 1. The minimum Gasteiger partial charge on any atom is -0.356 e. The number of ether oxygens (including phenoxy) is 1. The molecule has 5 rings (SSSR count). The van der Waals surface area contributed by atoms with E-state index in [-0.39, 0.29) is 18.0 Å². The molecule has 35 heavy (non-hydrogen) atoms.